The van der Waals surface area contributed by atoms with Gasteiger partial charge >= 0.3 is 0 Å². The van der Waals surface area contributed by atoms with Crippen molar-refractivity contribution >= 4 is 27.7 Å². The van der Waals surface area contributed by atoms with Gasteiger partial charge in [0.1, 0.15) is 6.10 Å². The van der Waals surface area contributed by atoms with E-state index in [9.17, 15) is 5.11 Å². The molecule has 1 nitrogen and oxygen atoms in total. The third-order valence-electron chi connectivity index (χ3n) is 2.57. The molecule has 1 N–H and O–H groups in total. The standard InChI is InChI=1S/C14H13BrOS/c1-17-13-7-3-5-11(9-13)14(16)10-4-2-6-12(15)8-10/h2-9,14,16H,1H3. The van der Waals surface area contributed by atoms with Gasteiger partial charge in [-0.2, -0.15) is 0 Å². The summed E-state index contributed by atoms with van der Waals surface area (Å²) in [4.78, 5) is 1.16. The van der Waals surface area contributed by atoms with Gasteiger partial charge < -0.3 is 5.11 Å². The third kappa shape index (κ3) is 3.12. The highest BCUT2D eigenvalue weighted by Crippen LogP contribution is 2.26. The SMILES string of the molecule is CSc1cccc(C(O)c2cccc(Br)c2)c1. The van der Waals surface area contributed by atoms with Gasteiger partial charge in [0.05, 0.1) is 0 Å². The van der Waals surface area contributed by atoms with Crippen molar-refractivity contribution in [2.45, 2.75) is 11.0 Å². The first-order valence-electron chi connectivity index (χ1n) is 5.28. The maximum absolute atomic E-state index is 10.3. The number of aliphatic hydroxyl groups is 1. The van der Waals surface area contributed by atoms with E-state index in [-0.39, 0.29) is 0 Å². The van der Waals surface area contributed by atoms with Gasteiger partial charge in [0.25, 0.3) is 0 Å². The van der Waals surface area contributed by atoms with Crippen LogP contribution >= 0.6 is 27.7 Å². The van der Waals surface area contributed by atoms with Gasteiger partial charge in [0, 0.05) is 9.37 Å². The fourth-order valence-electron chi connectivity index (χ4n) is 1.68. The number of rotatable bonds is 3. The molecule has 0 aliphatic heterocycles. The van der Waals surface area contributed by atoms with Gasteiger partial charge in [-0.05, 0) is 41.6 Å². The molecule has 0 fully saturated rings. The van der Waals surface area contributed by atoms with Crippen LogP contribution in [0, 0.1) is 0 Å². The van der Waals surface area contributed by atoms with Crippen molar-refractivity contribution in [2.75, 3.05) is 6.26 Å². The summed E-state index contributed by atoms with van der Waals surface area (Å²) < 4.78 is 0.982. The molecule has 3 heteroatoms. The Bertz CT molecular complexity index is 513. The van der Waals surface area contributed by atoms with Crippen LogP contribution in [0.3, 0.4) is 0 Å². The van der Waals surface area contributed by atoms with Crippen LogP contribution in [0.15, 0.2) is 57.9 Å². The molecule has 0 saturated carbocycles. The van der Waals surface area contributed by atoms with Crippen molar-refractivity contribution in [1.29, 1.82) is 0 Å². The van der Waals surface area contributed by atoms with E-state index in [0.717, 1.165) is 20.5 Å². The maximum atomic E-state index is 10.3. The number of hydrogen-bond donors (Lipinski definition) is 1. The average molecular weight is 309 g/mol. The summed E-state index contributed by atoms with van der Waals surface area (Å²) in [6.45, 7) is 0. The molecule has 0 saturated heterocycles. The highest BCUT2D eigenvalue weighted by Gasteiger charge is 2.10. The largest absolute Gasteiger partial charge is 0.384 e. The van der Waals surface area contributed by atoms with E-state index < -0.39 is 6.10 Å². The number of thioether (sulfide) groups is 1. The van der Waals surface area contributed by atoms with Crippen molar-refractivity contribution in [1.82, 2.24) is 0 Å². The van der Waals surface area contributed by atoms with Crippen molar-refractivity contribution in [3.63, 3.8) is 0 Å². The van der Waals surface area contributed by atoms with E-state index in [1.165, 1.54) is 0 Å². The molecule has 2 rings (SSSR count). The minimum absolute atomic E-state index is 0.570. The Balaban J connectivity index is 2.33. The van der Waals surface area contributed by atoms with Crippen LogP contribution in [-0.2, 0) is 0 Å². The molecule has 1 unspecified atom stereocenters. The monoisotopic (exact) mass is 308 g/mol. The van der Waals surface area contributed by atoms with Crippen molar-refractivity contribution < 1.29 is 5.11 Å². The van der Waals surface area contributed by atoms with Crippen LogP contribution < -0.4 is 0 Å². The summed E-state index contributed by atoms with van der Waals surface area (Å²) >= 11 is 5.09. The van der Waals surface area contributed by atoms with E-state index in [1.807, 2.05) is 54.8 Å². The Kier molecular flexibility index (Phi) is 4.26. The molecular weight excluding hydrogens is 296 g/mol. The number of halogens is 1. The second kappa shape index (κ2) is 5.71. The summed E-state index contributed by atoms with van der Waals surface area (Å²) in [7, 11) is 0. The van der Waals surface area contributed by atoms with Crippen LogP contribution in [0.5, 0.6) is 0 Å². The first-order valence-corrected chi connectivity index (χ1v) is 7.30. The van der Waals surface area contributed by atoms with Crippen molar-refractivity contribution in [3.05, 3.63) is 64.1 Å². The second-order valence-corrected chi connectivity index (χ2v) is 5.53. The van der Waals surface area contributed by atoms with Gasteiger partial charge in [-0.3, -0.25) is 0 Å². The van der Waals surface area contributed by atoms with Crippen LogP contribution in [-0.4, -0.2) is 11.4 Å². The minimum atomic E-state index is -0.570. The van der Waals surface area contributed by atoms with E-state index in [0.29, 0.717) is 0 Å². The molecule has 2 aromatic rings. The first kappa shape index (κ1) is 12.7. The number of aliphatic hydroxyl groups excluding tert-OH is 1. The van der Waals surface area contributed by atoms with Gasteiger partial charge in [-0.15, -0.1) is 11.8 Å². The molecule has 88 valence electrons. The lowest BCUT2D eigenvalue weighted by atomic mass is 10.0. The predicted molar refractivity (Wildman–Crippen MR) is 76.4 cm³/mol. The van der Waals surface area contributed by atoms with Crippen LogP contribution in [0.1, 0.15) is 17.2 Å². The lowest BCUT2D eigenvalue weighted by molar-refractivity contribution is 0.220. The summed E-state index contributed by atoms with van der Waals surface area (Å²) in [5.74, 6) is 0. The summed E-state index contributed by atoms with van der Waals surface area (Å²) in [6, 6.07) is 15.7. The second-order valence-electron chi connectivity index (χ2n) is 3.73. The molecule has 0 bridgehead atoms. The van der Waals surface area contributed by atoms with E-state index in [2.05, 4.69) is 15.9 Å². The molecule has 0 aliphatic carbocycles. The Labute approximate surface area is 114 Å². The summed E-state index contributed by atoms with van der Waals surface area (Å²) in [6.07, 6.45) is 1.46. The zero-order valence-corrected chi connectivity index (χ0v) is 11.8. The van der Waals surface area contributed by atoms with E-state index in [4.69, 9.17) is 0 Å². The molecule has 0 aliphatic rings. The van der Waals surface area contributed by atoms with Gasteiger partial charge in [-0.25, -0.2) is 0 Å². The van der Waals surface area contributed by atoms with Gasteiger partial charge in [0.15, 0.2) is 0 Å². The quantitative estimate of drug-likeness (QED) is 0.855. The fraction of sp³-hybridized carbons (Fsp3) is 0.143. The zero-order valence-electron chi connectivity index (χ0n) is 9.43. The number of hydrogen-bond acceptors (Lipinski definition) is 2. The topological polar surface area (TPSA) is 20.2 Å². The molecule has 0 aromatic heterocycles. The summed E-state index contributed by atoms with van der Waals surface area (Å²) in [5.41, 5.74) is 1.83. The van der Waals surface area contributed by atoms with Crippen LogP contribution in [0.4, 0.5) is 0 Å². The Morgan fingerprint density at radius 2 is 1.71 bits per heavy atom. The molecule has 2 aromatic carbocycles. The highest BCUT2D eigenvalue weighted by atomic mass is 79.9. The zero-order chi connectivity index (χ0) is 12.3. The third-order valence-corrected chi connectivity index (χ3v) is 3.79. The smallest absolute Gasteiger partial charge is 0.104 e. The van der Waals surface area contributed by atoms with Crippen LogP contribution in [0.25, 0.3) is 0 Å². The molecule has 0 radical (unpaired) electrons. The van der Waals surface area contributed by atoms with Crippen molar-refractivity contribution in [2.24, 2.45) is 0 Å². The fourth-order valence-corrected chi connectivity index (χ4v) is 2.57. The Morgan fingerprint density at radius 3 is 2.35 bits per heavy atom. The molecule has 0 heterocycles. The lowest BCUT2D eigenvalue weighted by Crippen LogP contribution is -1.99. The van der Waals surface area contributed by atoms with E-state index >= 15 is 0 Å². The highest BCUT2D eigenvalue weighted by molar-refractivity contribution is 9.10. The maximum Gasteiger partial charge on any atom is 0.104 e. The van der Waals surface area contributed by atoms with Crippen LogP contribution in [0.2, 0.25) is 0 Å². The minimum Gasteiger partial charge on any atom is -0.384 e. The molecule has 0 amide bonds. The normalized spacial score (nSPS) is 12.4. The number of benzene rings is 2. The summed E-state index contributed by atoms with van der Waals surface area (Å²) in [5, 5.41) is 10.3. The Hall–Kier alpha value is -0.770. The van der Waals surface area contributed by atoms with Gasteiger partial charge in [0.2, 0.25) is 0 Å². The van der Waals surface area contributed by atoms with Gasteiger partial charge in [-0.1, -0.05) is 40.2 Å². The molecule has 1 atom stereocenters. The molecule has 17 heavy (non-hydrogen) atoms. The van der Waals surface area contributed by atoms with E-state index in [1.54, 1.807) is 11.8 Å². The first-order chi connectivity index (χ1) is 8.20. The average Bonchev–Trinajstić information content (AvgIpc) is 2.38. The molecule has 0 spiro atoms. The molecular formula is C14H13BrOS. The predicted octanol–water partition coefficient (Wildman–Crippen LogP) is 4.25. The lowest BCUT2D eigenvalue weighted by Gasteiger charge is -2.12. The van der Waals surface area contributed by atoms with Crippen molar-refractivity contribution in [3.8, 4) is 0 Å². The Morgan fingerprint density at radius 1 is 1.06 bits per heavy atom.